The van der Waals surface area contributed by atoms with Crippen molar-refractivity contribution in [2.45, 2.75) is 26.3 Å². The predicted octanol–water partition coefficient (Wildman–Crippen LogP) is 5.16. The van der Waals surface area contributed by atoms with Crippen molar-refractivity contribution < 1.29 is 4.79 Å². The second-order valence-electron chi connectivity index (χ2n) is 7.06. The Kier molecular flexibility index (Phi) is 4.25. The lowest BCUT2D eigenvalue weighted by atomic mass is 9.97. The quantitative estimate of drug-likeness (QED) is 0.463. The van der Waals surface area contributed by atoms with Gasteiger partial charge >= 0.3 is 0 Å². The predicted molar refractivity (Wildman–Crippen MR) is 114 cm³/mol. The molecule has 28 heavy (non-hydrogen) atoms. The normalized spacial score (nSPS) is 16.4. The summed E-state index contributed by atoms with van der Waals surface area (Å²) in [5.41, 5.74) is 5.35. The van der Waals surface area contributed by atoms with E-state index in [1.165, 1.54) is 15.3 Å². The molecule has 4 nitrogen and oxygen atoms in total. The fourth-order valence-corrected chi connectivity index (χ4v) is 5.58. The number of carbonyl (C=O) groups is 1. The van der Waals surface area contributed by atoms with Gasteiger partial charge in [0.1, 0.15) is 0 Å². The average Bonchev–Trinajstić information content (AvgIpc) is 3.39. The molecule has 1 aliphatic rings. The zero-order valence-corrected chi connectivity index (χ0v) is 17.3. The van der Waals surface area contributed by atoms with Crippen LogP contribution in [0.15, 0.2) is 47.2 Å². The number of nitrogens with zero attached hydrogens (tertiary/aromatic N) is 3. The topological polar surface area (TPSA) is 46.1 Å². The van der Waals surface area contributed by atoms with Gasteiger partial charge in [-0.25, -0.2) is 9.97 Å². The average molecular weight is 406 g/mol. The standard InChI is InChI=1S/C22H19N3OS2/c1-13-14(2)24-18-12-15(5-6-17(18)23-13)22(26)25-9-7-19-16(8-11-28-19)21(25)20-4-3-10-27-20/h3-6,8,10-12,21H,7,9H2,1-2H3/t21-/m0/s1. The summed E-state index contributed by atoms with van der Waals surface area (Å²) in [5.74, 6) is 0.0529. The van der Waals surface area contributed by atoms with E-state index in [0.717, 1.165) is 35.4 Å². The Morgan fingerprint density at radius 3 is 2.64 bits per heavy atom. The van der Waals surface area contributed by atoms with Gasteiger partial charge in [0.2, 0.25) is 0 Å². The van der Waals surface area contributed by atoms with E-state index in [2.05, 4.69) is 38.9 Å². The summed E-state index contributed by atoms with van der Waals surface area (Å²) in [7, 11) is 0. The van der Waals surface area contributed by atoms with Crippen LogP contribution in [0.2, 0.25) is 0 Å². The number of hydrogen-bond acceptors (Lipinski definition) is 5. The summed E-state index contributed by atoms with van der Waals surface area (Å²) in [6.07, 6.45) is 0.909. The molecular formula is C22H19N3OS2. The highest BCUT2D eigenvalue weighted by atomic mass is 32.1. The Balaban J connectivity index is 1.57. The van der Waals surface area contributed by atoms with Gasteiger partial charge in [-0.2, -0.15) is 0 Å². The van der Waals surface area contributed by atoms with Crippen molar-refractivity contribution in [3.05, 3.63) is 79.4 Å². The molecule has 1 aliphatic heterocycles. The molecule has 4 heterocycles. The van der Waals surface area contributed by atoms with Gasteiger partial charge in [-0.3, -0.25) is 4.79 Å². The molecule has 0 unspecified atom stereocenters. The fourth-order valence-electron chi connectivity index (χ4n) is 3.82. The molecule has 0 fully saturated rings. The molecule has 1 atom stereocenters. The lowest BCUT2D eigenvalue weighted by Crippen LogP contribution is -2.39. The highest BCUT2D eigenvalue weighted by Crippen LogP contribution is 2.40. The molecule has 0 saturated carbocycles. The van der Waals surface area contributed by atoms with Crippen molar-refractivity contribution in [3.63, 3.8) is 0 Å². The van der Waals surface area contributed by atoms with E-state index in [4.69, 9.17) is 0 Å². The third kappa shape index (κ3) is 2.84. The van der Waals surface area contributed by atoms with E-state index >= 15 is 0 Å². The second-order valence-corrected chi connectivity index (χ2v) is 9.04. The highest BCUT2D eigenvalue weighted by Gasteiger charge is 2.34. The summed E-state index contributed by atoms with van der Waals surface area (Å²) < 4.78 is 0. The molecule has 0 saturated heterocycles. The maximum atomic E-state index is 13.5. The first kappa shape index (κ1) is 17.5. The van der Waals surface area contributed by atoms with Gasteiger partial charge in [-0.1, -0.05) is 6.07 Å². The summed E-state index contributed by atoms with van der Waals surface area (Å²) in [6, 6.07) is 12.0. The first-order valence-corrected chi connectivity index (χ1v) is 11.0. The van der Waals surface area contributed by atoms with Crippen LogP contribution in [0.4, 0.5) is 0 Å². The van der Waals surface area contributed by atoms with Gasteiger partial charge < -0.3 is 4.90 Å². The first-order valence-electron chi connectivity index (χ1n) is 9.27. The van der Waals surface area contributed by atoms with Gasteiger partial charge in [0.25, 0.3) is 5.91 Å². The monoisotopic (exact) mass is 405 g/mol. The van der Waals surface area contributed by atoms with Crippen LogP contribution >= 0.6 is 22.7 Å². The number of aromatic nitrogens is 2. The number of amides is 1. The SMILES string of the molecule is Cc1nc2ccc(C(=O)N3CCc4sccc4[C@H]3c3cccs3)cc2nc1C. The number of thiophene rings is 2. The molecule has 1 aromatic carbocycles. The Morgan fingerprint density at radius 1 is 1.04 bits per heavy atom. The molecule has 0 aliphatic carbocycles. The number of carbonyl (C=O) groups excluding carboxylic acids is 1. The Morgan fingerprint density at radius 2 is 1.86 bits per heavy atom. The van der Waals surface area contributed by atoms with Crippen LogP contribution in [0.3, 0.4) is 0 Å². The summed E-state index contributed by atoms with van der Waals surface area (Å²) in [5, 5.41) is 4.21. The fraction of sp³-hybridized carbons (Fsp3) is 0.227. The van der Waals surface area contributed by atoms with Crippen molar-refractivity contribution in [1.82, 2.24) is 14.9 Å². The number of aryl methyl sites for hydroxylation is 2. The molecule has 6 heteroatoms. The maximum absolute atomic E-state index is 13.5. The van der Waals surface area contributed by atoms with Crippen molar-refractivity contribution in [3.8, 4) is 0 Å². The highest BCUT2D eigenvalue weighted by molar-refractivity contribution is 7.10. The molecule has 0 spiro atoms. The molecule has 1 amide bonds. The minimum Gasteiger partial charge on any atom is -0.326 e. The largest absolute Gasteiger partial charge is 0.326 e. The minimum atomic E-state index is -0.0102. The van der Waals surface area contributed by atoms with E-state index < -0.39 is 0 Å². The molecule has 0 bridgehead atoms. The van der Waals surface area contributed by atoms with Crippen LogP contribution in [-0.2, 0) is 6.42 Å². The van der Waals surface area contributed by atoms with Gasteiger partial charge in [0, 0.05) is 21.9 Å². The van der Waals surface area contributed by atoms with Crippen LogP contribution in [0.25, 0.3) is 11.0 Å². The first-order chi connectivity index (χ1) is 13.6. The molecule has 3 aromatic heterocycles. The second kappa shape index (κ2) is 6.79. The van der Waals surface area contributed by atoms with Crippen molar-refractivity contribution in [2.75, 3.05) is 6.54 Å². The maximum Gasteiger partial charge on any atom is 0.254 e. The van der Waals surface area contributed by atoms with E-state index in [1.54, 1.807) is 22.7 Å². The van der Waals surface area contributed by atoms with Crippen LogP contribution in [0, 0.1) is 13.8 Å². The molecule has 0 N–H and O–H groups in total. The van der Waals surface area contributed by atoms with Crippen molar-refractivity contribution >= 4 is 39.6 Å². The Labute approximate surface area is 171 Å². The van der Waals surface area contributed by atoms with E-state index in [1.807, 2.05) is 36.9 Å². The third-order valence-corrected chi connectivity index (χ3v) is 7.28. The number of benzene rings is 1. The lowest BCUT2D eigenvalue weighted by Gasteiger charge is -2.35. The summed E-state index contributed by atoms with van der Waals surface area (Å²) in [6.45, 7) is 4.63. The van der Waals surface area contributed by atoms with Crippen LogP contribution < -0.4 is 0 Å². The molecule has 5 rings (SSSR count). The summed E-state index contributed by atoms with van der Waals surface area (Å²) in [4.78, 5) is 27.3. The zero-order chi connectivity index (χ0) is 19.3. The molecule has 4 aromatic rings. The molecule has 0 radical (unpaired) electrons. The number of fused-ring (bicyclic) bond motifs is 2. The van der Waals surface area contributed by atoms with E-state index in [-0.39, 0.29) is 11.9 Å². The van der Waals surface area contributed by atoms with E-state index in [0.29, 0.717) is 5.56 Å². The van der Waals surface area contributed by atoms with Gasteiger partial charge in [-0.05, 0) is 66.9 Å². The minimum absolute atomic E-state index is 0.0102. The zero-order valence-electron chi connectivity index (χ0n) is 15.7. The molecule has 140 valence electrons. The van der Waals surface area contributed by atoms with Crippen LogP contribution in [0.5, 0.6) is 0 Å². The lowest BCUT2D eigenvalue weighted by molar-refractivity contribution is 0.0699. The Bertz CT molecular complexity index is 1180. The van der Waals surface area contributed by atoms with Gasteiger partial charge in [0.05, 0.1) is 28.5 Å². The number of hydrogen-bond donors (Lipinski definition) is 0. The van der Waals surface area contributed by atoms with Crippen LogP contribution in [0.1, 0.15) is 43.1 Å². The van der Waals surface area contributed by atoms with Gasteiger partial charge in [-0.15, -0.1) is 22.7 Å². The van der Waals surface area contributed by atoms with E-state index in [9.17, 15) is 4.79 Å². The smallest absolute Gasteiger partial charge is 0.254 e. The molecular weight excluding hydrogens is 386 g/mol. The summed E-state index contributed by atoms with van der Waals surface area (Å²) >= 11 is 3.50. The van der Waals surface area contributed by atoms with Gasteiger partial charge in [0.15, 0.2) is 0 Å². The Hall–Kier alpha value is -2.57. The van der Waals surface area contributed by atoms with Crippen molar-refractivity contribution in [1.29, 1.82) is 0 Å². The number of rotatable bonds is 2. The van der Waals surface area contributed by atoms with Crippen molar-refractivity contribution in [2.24, 2.45) is 0 Å². The van der Waals surface area contributed by atoms with Crippen LogP contribution in [-0.4, -0.2) is 27.3 Å². The third-order valence-electron chi connectivity index (χ3n) is 5.36.